The van der Waals surface area contributed by atoms with Crippen LogP contribution in [0.1, 0.15) is 18.9 Å². The van der Waals surface area contributed by atoms with Crippen LogP contribution < -0.4 is 5.32 Å². The van der Waals surface area contributed by atoms with Crippen LogP contribution in [-0.2, 0) is 21.5 Å². The molecule has 0 radical (unpaired) electrons. The van der Waals surface area contributed by atoms with E-state index in [-0.39, 0.29) is 0 Å². The highest BCUT2D eigenvalue weighted by Crippen LogP contribution is 2.11. The van der Waals surface area contributed by atoms with Crippen molar-refractivity contribution in [3.63, 3.8) is 0 Å². The van der Waals surface area contributed by atoms with E-state index in [4.69, 9.17) is 9.29 Å². The molecule has 0 saturated carbocycles. The first-order valence-corrected chi connectivity index (χ1v) is 6.98. The largest absolute Gasteiger partial charge is 0.377 e. The van der Waals surface area contributed by atoms with Crippen molar-refractivity contribution in [2.24, 2.45) is 0 Å². The Morgan fingerprint density at radius 2 is 2.18 bits per heavy atom. The summed E-state index contributed by atoms with van der Waals surface area (Å²) in [6.45, 7) is 3.22. The second kappa shape index (κ2) is 6.58. The average Bonchev–Trinajstić information content (AvgIpc) is 2.27. The van der Waals surface area contributed by atoms with Gasteiger partial charge in [0.25, 0.3) is 10.1 Å². The van der Waals surface area contributed by atoms with E-state index in [1.165, 1.54) is 0 Å². The van der Waals surface area contributed by atoms with Gasteiger partial charge in [-0.25, -0.2) is 0 Å². The normalized spacial score (nSPS) is 11.4. The van der Waals surface area contributed by atoms with Crippen molar-refractivity contribution in [1.82, 2.24) is 0 Å². The van der Waals surface area contributed by atoms with Crippen molar-refractivity contribution in [1.29, 1.82) is 0 Å². The van der Waals surface area contributed by atoms with E-state index in [0.717, 1.165) is 12.0 Å². The highest BCUT2D eigenvalue weighted by molar-refractivity contribution is 7.85. The number of rotatable bonds is 7. The van der Waals surface area contributed by atoms with Crippen molar-refractivity contribution < 1.29 is 17.7 Å². The van der Waals surface area contributed by atoms with Crippen molar-refractivity contribution in [2.75, 3.05) is 17.8 Å². The molecule has 0 amide bonds. The summed E-state index contributed by atoms with van der Waals surface area (Å²) in [5.41, 5.74) is 1.60. The molecule has 0 atom stereocenters. The van der Waals surface area contributed by atoms with Gasteiger partial charge in [0.15, 0.2) is 0 Å². The lowest BCUT2D eigenvalue weighted by Crippen LogP contribution is -2.13. The molecule has 0 aliphatic rings. The Labute approximate surface area is 102 Å². The van der Waals surface area contributed by atoms with Crippen LogP contribution in [0.25, 0.3) is 0 Å². The minimum Gasteiger partial charge on any atom is -0.377 e. The van der Waals surface area contributed by atoms with Gasteiger partial charge in [-0.1, -0.05) is 19.1 Å². The highest BCUT2D eigenvalue weighted by atomic mass is 32.2. The van der Waals surface area contributed by atoms with Crippen molar-refractivity contribution in [3.8, 4) is 0 Å². The van der Waals surface area contributed by atoms with E-state index in [9.17, 15) is 8.42 Å². The monoisotopic (exact) mass is 259 g/mol. The molecule has 6 heteroatoms. The average molecular weight is 259 g/mol. The summed E-state index contributed by atoms with van der Waals surface area (Å²) in [6.07, 6.45) is 0.959. The SMILES string of the molecule is CCCOCc1cccc(NCS(=O)(=O)O)c1. The third-order valence-corrected chi connectivity index (χ3v) is 2.51. The minimum atomic E-state index is -4.00. The summed E-state index contributed by atoms with van der Waals surface area (Å²) in [4.78, 5) is 0. The first-order valence-electron chi connectivity index (χ1n) is 5.37. The summed E-state index contributed by atoms with van der Waals surface area (Å²) >= 11 is 0. The number of ether oxygens (including phenoxy) is 1. The third-order valence-electron chi connectivity index (χ3n) is 2.00. The molecule has 0 aliphatic heterocycles. The van der Waals surface area contributed by atoms with Crippen LogP contribution in [0.4, 0.5) is 5.69 Å². The second-order valence-electron chi connectivity index (χ2n) is 3.66. The minimum absolute atomic E-state index is 0.494. The summed E-state index contributed by atoms with van der Waals surface area (Å²) < 4.78 is 35.1. The lowest BCUT2D eigenvalue weighted by molar-refractivity contribution is 0.121. The number of hydrogen-bond acceptors (Lipinski definition) is 4. The van der Waals surface area contributed by atoms with Crippen LogP contribution >= 0.6 is 0 Å². The van der Waals surface area contributed by atoms with Crippen molar-refractivity contribution in [2.45, 2.75) is 20.0 Å². The van der Waals surface area contributed by atoms with Crippen LogP contribution in [0.2, 0.25) is 0 Å². The number of nitrogens with one attached hydrogen (secondary N) is 1. The van der Waals surface area contributed by atoms with Gasteiger partial charge in [-0.15, -0.1) is 0 Å². The standard InChI is InChI=1S/C11H17NO4S/c1-2-6-16-8-10-4-3-5-11(7-10)12-9-17(13,14)15/h3-5,7,12H,2,6,8-9H2,1H3,(H,13,14,15). The van der Waals surface area contributed by atoms with Gasteiger partial charge in [0, 0.05) is 12.3 Å². The van der Waals surface area contributed by atoms with Crippen LogP contribution in [0.3, 0.4) is 0 Å². The van der Waals surface area contributed by atoms with Gasteiger partial charge in [-0.05, 0) is 24.1 Å². The lowest BCUT2D eigenvalue weighted by Gasteiger charge is -2.07. The summed E-state index contributed by atoms with van der Waals surface area (Å²) in [5.74, 6) is -0.494. The zero-order valence-corrected chi connectivity index (χ0v) is 10.5. The number of hydrogen-bond donors (Lipinski definition) is 2. The van der Waals surface area contributed by atoms with Gasteiger partial charge in [-0.2, -0.15) is 8.42 Å². The molecule has 1 rings (SSSR count). The molecular formula is C11H17NO4S. The maximum atomic E-state index is 10.6. The molecule has 2 N–H and O–H groups in total. The fourth-order valence-corrected chi connectivity index (χ4v) is 1.63. The molecule has 96 valence electrons. The van der Waals surface area contributed by atoms with Crippen molar-refractivity contribution >= 4 is 15.8 Å². The molecular weight excluding hydrogens is 242 g/mol. The quantitative estimate of drug-likeness (QED) is 0.577. The lowest BCUT2D eigenvalue weighted by atomic mass is 10.2. The van der Waals surface area contributed by atoms with E-state index >= 15 is 0 Å². The summed E-state index contributed by atoms with van der Waals surface area (Å²) in [7, 11) is -4.00. The molecule has 0 unspecified atom stereocenters. The predicted octanol–water partition coefficient (Wildman–Crippen LogP) is 1.87. The first kappa shape index (κ1) is 14.0. The Balaban J connectivity index is 2.53. The van der Waals surface area contributed by atoms with E-state index in [2.05, 4.69) is 5.32 Å². The Hall–Kier alpha value is -1.11. The van der Waals surface area contributed by atoms with E-state index < -0.39 is 16.0 Å². The molecule has 0 fully saturated rings. The molecule has 0 heterocycles. The predicted molar refractivity (Wildman–Crippen MR) is 66.4 cm³/mol. The Morgan fingerprint density at radius 1 is 1.41 bits per heavy atom. The molecule has 0 aliphatic carbocycles. The highest BCUT2D eigenvalue weighted by Gasteiger charge is 2.03. The van der Waals surface area contributed by atoms with Gasteiger partial charge < -0.3 is 10.1 Å². The second-order valence-corrected chi connectivity index (χ2v) is 5.11. The topological polar surface area (TPSA) is 75.6 Å². The third kappa shape index (κ3) is 6.25. The molecule has 1 aromatic carbocycles. The van der Waals surface area contributed by atoms with Crippen LogP contribution in [-0.4, -0.2) is 25.5 Å². The zero-order chi connectivity index (χ0) is 12.7. The number of anilines is 1. The molecule has 0 spiro atoms. The Morgan fingerprint density at radius 3 is 2.82 bits per heavy atom. The zero-order valence-electron chi connectivity index (χ0n) is 9.72. The van der Waals surface area contributed by atoms with Crippen LogP contribution in [0.15, 0.2) is 24.3 Å². The molecule has 0 bridgehead atoms. The first-order chi connectivity index (χ1) is 8.01. The van der Waals surface area contributed by atoms with Gasteiger partial charge in [0.05, 0.1) is 6.61 Å². The molecule has 5 nitrogen and oxygen atoms in total. The van der Waals surface area contributed by atoms with Gasteiger partial charge in [-0.3, -0.25) is 4.55 Å². The fraction of sp³-hybridized carbons (Fsp3) is 0.455. The van der Waals surface area contributed by atoms with Gasteiger partial charge in [0.1, 0.15) is 5.88 Å². The van der Waals surface area contributed by atoms with E-state index in [1.54, 1.807) is 18.2 Å². The van der Waals surface area contributed by atoms with Crippen molar-refractivity contribution in [3.05, 3.63) is 29.8 Å². The van der Waals surface area contributed by atoms with Gasteiger partial charge >= 0.3 is 0 Å². The molecule has 0 aromatic heterocycles. The summed E-state index contributed by atoms with van der Waals surface area (Å²) in [5, 5.41) is 2.62. The molecule has 1 aromatic rings. The van der Waals surface area contributed by atoms with Crippen LogP contribution in [0.5, 0.6) is 0 Å². The van der Waals surface area contributed by atoms with Gasteiger partial charge in [0.2, 0.25) is 0 Å². The maximum Gasteiger partial charge on any atom is 0.283 e. The van der Waals surface area contributed by atoms with E-state index in [1.807, 2.05) is 13.0 Å². The Kier molecular flexibility index (Phi) is 5.40. The number of benzene rings is 1. The molecule has 17 heavy (non-hydrogen) atoms. The molecule has 0 saturated heterocycles. The Bertz CT molecular complexity index is 445. The maximum absolute atomic E-state index is 10.6. The fourth-order valence-electron chi connectivity index (χ4n) is 1.28. The smallest absolute Gasteiger partial charge is 0.283 e. The summed E-state index contributed by atoms with van der Waals surface area (Å²) in [6, 6.07) is 7.22. The van der Waals surface area contributed by atoms with Crippen LogP contribution in [0, 0.1) is 0 Å². The van der Waals surface area contributed by atoms with E-state index in [0.29, 0.717) is 18.9 Å².